The van der Waals surface area contributed by atoms with E-state index in [0.29, 0.717) is 24.6 Å². The number of carboxylic acids is 1. The Kier molecular flexibility index (Phi) is 7.44. The number of rotatable bonds is 5. The Morgan fingerprint density at radius 3 is 2.45 bits per heavy atom. The summed E-state index contributed by atoms with van der Waals surface area (Å²) in [5.74, 6) is -2.09. The average molecular weight is 462 g/mol. The molecule has 170 valence electrons. The zero-order valence-corrected chi connectivity index (χ0v) is 17.7. The minimum absolute atomic E-state index is 0.206. The number of hydrogen-bond donors (Lipinski definition) is 2. The molecule has 0 amide bonds. The van der Waals surface area contributed by atoms with Crippen LogP contribution in [0.2, 0.25) is 0 Å². The number of sulfonamides is 1. The number of carboxylic acid groups (broad SMARTS) is 1. The molecule has 0 spiro atoms. The molecule has 0 radical (unpaired) electrons. The number of carbonyl (C=O) groups is 1. The molecule has 2 N–H and O–H groups in total. The van der Waals surface area contributed by atoms with Gasteiger partial charge >= 0.3 is 12.1 Å². The van der Waals surface area contributed by atoms with Gasteiger partial charge in [-0.1, -0.05) is 31.1 Å². The first kappa shape index (κ1) is 24.3. The van der Waals surface area contributed by atoms with Crippen LogP contribution in [0, 0.1) is 0 Å². The van der Waals surface area contributed by atoms with Crippen LogP contribution in [0.1, 0.15) is 31.0 Å². The van der Waals surface area contributed by atoms with Crippen molar-refractivity contribution in [3.63, 3.8) is 0 Å². The molecule has 3 rings (SSSR count). The van der Waals surface area contributed by atoms with Gasteiger partial charge in [0.05, 0.1) is 17.9 Å². The zero-order valence-electron chi connectivity index (χ0n) is 16.8. The molecule has 0 unspecified atom stereocenters. The van der Waals surface area contributed by atoms with E-state index >= 15 is 0 Å². The van der Waals surface area contributed by atoms with E-state index in [2.05, 4.69) is 28.7 Å². The van der Waals surface area contributed by atoms with Gasteiger partial charge in [-0.25, -0.2) is 4.79 Å². The molecule has 0 aliphatic carbocycles. The third kappa shape index (κ3) is 6.52. The summed E-state index contributed by atoms with van der Waals surface area (Å²) in [6.45, 7) is 5.07. The van der Waals surface area contributed by atoms with Crippen LogP contribution in [0.5, 0.6) is 0 Å². The van der Waals surface area contributed by atoms with Gasteiger partial charge in [-0.2, -0.15) is 21.6 Å². The van der Waals surface area contributed by atoms with Gasteiger partial charge < -0.3 is 14.9 Å². The van der Waals surface area contributed by atoms with Crippen LogP contribution in [0.25, 0.3) is 0 Å². The fourth-order valence-corrected chi connectivity index (χ4v) is 3.84. The summed E-state index contributed by atoms with van der Waals surface area (Å²) < 4.78 is 65.2. The van der Waals surface area contributed by atoms with E-state index in [1.807, 2.05) is 11.9 Å². The second-order valence-electron chi connectivity index (χ2n) is 6.99. The Bertz CT molecular complexity index is 1060. The Morgan fingerprint density at radius 2 is 1.87 bits per heavy atom. The van der Waals surface area contributed by atoms with E-state index in [1.54, 1.807) is 30.5 Å². The van der Waals surface area contributed by atoms with E-state index in [9.17, 15) is 21.6 Å². The highest BCUT2D eigenvalue weighted by atomic mass is 32.2. The van der Waals surface area contributed by atoms with Crippen molar-refractivity contribution in [2.24, 2.45) is 4.40 Å². The number of hydrogen-bond acceptors (Lipinski definition) is 7. The summed E-state index contributed by atoms with van der Waals surface area (Å²) in [6.07, 6.45) is -3.45. The Morgan fingerprint density at radius 1 is 1.26 bits per heavy atom. The molecule has 1 aromatic heterocycles. The van der Waals surface area contributed by atoms with Crippen molar-refractivity contribution in [3.05, 3.63) is 41.8 Å². The van der Waals surface area contributed by atoms with Gasteiger partial charge in [0.1, 0.15) is 17.0 Å². The summed E-state index contributed by atoms with van der Waals surface area (Å²) in [4.78, 5) is 11.1. The molecule has 0 saturated heterocycles. The number of likely N-dealkylation sites (N-methyl/N-ethyl adjacent to an activating group) is 1. The number of aromatic nitrogens is 1. The molecule has 2 heterocycles. The van der Waals surface area contributed by atoms with Crippen molar-refractivity contribution in [3.8, 4) is 0 Å². The monoisotopic (exact) mass is 462 g/mol. The number of nitrogens with zero attached hydrogens (tertiary/aromatic N) is 3. The number of anilines is 1. The van der Waals surface area contributed by atoms with Crippen molar-refractivity contribution >= 4 is 27.5 Å². The van der Waals surface area contributed by atoms with Crippen LogP contribution < -0.4 is 5.32 Å². The maximum atomic E-state index is 12.3. The first-order valence-electron chi connectivity index (χ1n) is 8.93. The van der Waals surface area contributed by atoms with E-state index in [-0.39, 0.29) is 10.8 Å². The van der Waals surface area contributed by atoms with Crippen LogP contribution in [0.3, 0.4) is 0 Å². The predicted octanol–water partition coefficient (Wildman–Crippen LogP) is 3.08. The highest BCUT2D eigenvalue weighted by Crippen LogP contribution is 2.27. The summed E-state index contributed by atoms with van der Waals surface area (Å²) in [7, 11) is -1.76. The molecule has 0 fully saturated rings. The molecule has 13 heteroatoms. The number of halogens is 3. The van der Waals surface area contributed by atoms with Crippen LogP contribution >= 0.6 is 0 Å². The molecule has 9 nitrogen and oxygen atoms in total. The molecule has 0 atom stereocenters. The molecule has 1 aliphatic rings. The van der Waals surface area contributed by atoms with Crippen molar-refractivity contribution in [1.82, 2.24) is 10.1 Å². The smallest absolute Gasteiger partial charge is 0.475 e. The number of nitrogens with one attached hydrogen (secondary N) is 1. The second kappa shape index (κ2) is 9.47. The van der Waals surface area contributed by atoms with Gasteiger partial charge in [0.2, 0.25) is 0 Å². The van der Waals surface area contributed by atoms with Gasteiger partial charge in [0.15, 0.2) is 0 Å². The third-order valence-electron chi connectivity index (χ3n) is 4.00. The van der Waals surface area contributed by atoms with E-state index in [1.165, 1.54) is 0 Å². The van der Waals surface area contributed by atoms with E-state index in [0.717, 1.165) is 11.3 Å². The third-order valence-corrected chi connectivity index (χ3v) is 5.37. The highest BCUT2D eigenvalue weighted by molar-refractivity contribution is 7.90. The molecular weight excluding hydrogens is 441 g/mol. The molecule has 1 aromatic carbocycles. The van der Waals surface area contributed by atoms with Crippen molar-refractivity contribution < 1.29 is 36.0 Å². The summed E-state index contributed by atoms with van der Waals surface area (Å²) in [5, 5.41) is 14.2. The van der Waals surface area contributed by atoms with E-state index < -0.39 is 22.2 Å². The normalized spacial score (nSPS) is 14.9. The lowest BCUT2D eigenvalue weighted by molar-refractivity contribution is -0.192. The first-order chi connectivity index (χ1) is 14.3. The number of fused-ring (bicyclic) bond motifs is 1. The molecule has 0 saturated carbocycles. The Hall–Kier alpha value is -2.93. The van der Waals surface area contributed by atoms with E-state index in [4.69, 9.17) is 14.4 Å². The van der Waals surface area contributed by atoms with Crippen molar-refractivity contribution in [1.29, 1.82) is 0 Å². The van der Waals surface area contributed by atoms with Crippen molar-refractivity contribution in [2.45, 2.75) is 37.4 Å². The van der Waals surface area contributed by atoms with Crippen LogP contribution in [0.15, 0.2) is 44.3 Å². The van der Waals surface area contributed by atoms with Crippen molar-refractivity contribution in [2.75, 3.05) is 18.9 Å². The van der Waals surface area contributed by atoms with Crippen LogP contribution in [0.4, 0.5) is 18.9 Å². The first-order valence-corrected chi connectivity index (χ1v) is 10.4. The average Bonchev–Trinajstić information content (AvgIpc) is 3.09. The minimum Gasteiger partial charge on any atom is -0.475 e. The van der Waals surface area contributed by atoms with Gasteiger partial charge in [0.25, 0.3) is 10.0 Å². The van der Waals surface area contributed by atoms with Gasteiger partial charge in [0, 0.05) is 12.1 Å². The maximum Gasteiger partial charge on any atom is 0.490 e. The SMILES string of the molecule is CC(C)c1nocc1CN(C)CC1=NS(=O)(=O)c2ccccc2N1.O=C(O)C(F)(F)F. The number of para-hydroxylation sites is 1. The number of aliphatic carboxylic acids is 1. The number of amidine groups is 1. The van der Waals surface area contributed by atoms with Gasteiger partial charge in [-0.05, 0) is 25.1 Å². The second-order valence-corrected chi connectivity index (χ2v) is 8.56. The number of alkyl halides is 3. The maximum absolute atomic E-state index is 12.3. The summed E-state index contributed by atoms with van der Waals surface area (Å²) in [5.41, 5.74) is 2.47. The van der Waals surface area contributed by atoms with Crippen LogP contribution in [-0.4, -0.2) is 55.2 Å². The topological polar surface area (TPSA) is 125 Å². The molecular formula is C18H21F3N4O5S. The Balaban J connectivity index is 0.000000423. The Labute approximate surface area is 176 Å². The summed E-state index contributed by atoms with van der Waals surface area (Å²) >= 11 is 0. The molecule has 31 heavy (non-hydrogen) atoms. The molecule has 0 bridgehead atoms. The predicted molar refractivity (Wildman–Crippen MR) is 105 cm³/mol. The van der Waals surface area contributed by atoms with Gasteiger partial charge in [-0.3, -0.25) is 4.90 Å². The fraction of sp³-hybridized carbons (Fsp3) is 0.389. The lowest BCUT2D eigenvalue weighted by atomic mass is 10.1. The minimum atomic E-state index is -5.08. The zero-order chi connectivity index (χ0) is 23.4. The number of benzene rings is 1. The van der Waals surface area contributed by atoms with Gasteiger partial charge in [-0.15, -0.1) is 4.40 Å². The standard InChI is InChI=1S/C16H20N4O3S.C2HF3O2/c1-11(2)16-12(10-23-18-16)8-20(3)9-15-17-13-6-4-5-7-14(13)24(21,22)19-15;3-2(4,5)1(6)7/h4-7,10-11H,8-9H2,1-3H3,(H,17,19);(H,6,7). The lowest BCUT2D eigenvalue weighted by Crippen LogP contribution is -2.33. The quantitative estimate of drug-likeness (QED) is 0.695. The van der Waals surface area contributed by atoms with Crippen LogP contribution in [-0.2, 0) is 21.4 Å². The molecule has 1 aliphatic heterocycles. The fourth-order valence-electron chi connectivity index (χ4n) is 2.70. The molecule has 2 aromatic rings. The largest absolute Gasteiger partial charge is 0.490 e. The lowest BCUT2D eigenvalue weighted by Gasteiger charge is -2.22. The highest BCUT2D eigenvalue weighted by Gasteiger charge is 2.38. The summed E-state index contributed by atoms with van der Waals surface area (Å²) in [6, 6.07) is 6.76.